The van der Waals surface area contributed by atoms with E-state index in [4.69, 9.17) is 11.6 Å². The first-order valence-electron chi connectivity index (χ1n) is 5.65. The minimum atomic E-state index is -0.104. The van der Waals surface area contributed by atoms with Gasteiger partial charge in [0.1, 0.15) is 5.69 Å². The van der Waals surface area contributed by atoms with Crippen LogP contribution in [0.15, 0.2) is 34.9 Å². The Labute approximate surface area is 119 Å². The van der Waals surface area contributed by atoms with Crippen molar-refractivity contribution >= 4 is 33.3 Å². The van der Waals surface area contributed by atoms with Gasteiger partial charge in [0.25, 0.3) is 0 Å². The van der Waals surface area contributed by atoms with Gasteiger partial charge >= 0.3 is 0 Å². The van der Waals surface area contributed by atoms with Gasteiger partial charge in [-0.25, -0.2) is 0 Å². The molecule has 0 atom stereocenters. The molecule has 0 radical (unpaired) electrons. The number of carbonyl (C=O) groups excluding carboxylic acids is 1. The summed E-state index contributed by atoms with van der Waals surface area (Å²) in [5.41, 5.74) is 1.06. The van der Waals surface area contributed by atoms with Crippen LogP contribution >= 0.6 is 27.5 Å². The summed E-state index contributed by atoms with van der Waals surface area (Å²) in [5.74, 6) is -0.104. The molecular formula is C13H12BrClN2O. The minimum Gasteiger partial charge on any atom is -0.287 e. The van der Waals surface area contributed by atoms with Gasteiger partial charge in [-0.2, -0.15) is 5.10 Å². The SMILES string of the molecule is CCCn1ncc(Cl)c1C(=O)c1cccc(Br)c1. The first kappa shape index (κ1) is 13.3. The minimum absolute atomic E-state index is 0.104. The highest BCUT2D eigenvalue weighted by atomic mass is 79.9. The molecule has 0 aliphatic carbocycles. The van der Waals surface area contributed by atoms with E-state index >= 15 is 0 Å². The third-order valence-electron chi connectivity index (χ3n) is 2.53. The van der Waals surface area contributed by atoms with E-state index in [1.165, 1.54) is 6.20 Å². The Kier molecular flexibility index (Phi) is 4.19. The molecule has 1 heterocycles. The summed E-state index contributed by atoms with van der Waals surface area (Å²) in [6.07, 6.45) is 2.42. The van der Waals surface area contributed by atoms with Crippen LogP contribution in [0.25, 0.3) is 0 Å². The van der Waals surface area contributed by atoms with Gasteiger partial charge in [0.2, 0.25) is 5.78 Å². The second-order valence-electron chi connectivity index (χ2n) is 3.90. The number of aromatic nitrogens is 2. The zero-order chi connectivity index (χ0) is 13.1. The lowest BCUT2D eigenvalue weighted by molar-refractivity contribution is 0.102. The van der Waals surface area contributed by atoms with Crippen LogP contribution in [0, 0.1) is 0 Å². The Bertz CT molecular complexity index is 580. The Morgan fingerprint density at radius 3 is 2.94 bits per heavy atom. The van der Waals surface area contributed by atoms with Crippen LogP contribution in [0.3, 0.4) is 0 Å². The summed E-state index contributed by atoms with van der Waals surface area (Å²) in [6, 6.07) is 7.25. The Morgan fingerprint density at radius 1 is 1.50 bits per heavy atom. The van der Waals surface area contributed by atoms with Crippen LogP contribution in [0.4, 0.5) is 0 Å². The molecule has 0 bridgehead atoms. The molecule has 18 heavy (non-hydrogen) atoms. The first-order chi connectivity index (χ1) is 8.63. The highest BCUT2D eigenvalue weighted by molar-refractivity contribution is 9.10. The van der Waals surface area contributed by atoms with Gasteiger partial charge in [0, 0.05) is 16.6 Å². The van der Waals surface area contributed by atoms with Crippen molar-refractivity contribution in [2.45, 2.75) is 19.9 Å². The van der Waals surface area contributed by atoms with Crippen molar-refractivity contribution in [1.29, 1.82) is 0 Å². The molecule has 0 N–H and O–H groups in total. The molecule has 1 aromatic carbocycles. The molecule has 2 aromatic rings. The van der Waals surface area contributed by atoms with Crippen LogP contribution in [0.5, 0.6) is 0 Å². The quantitative estimate of drug-likeness (QED) is 0.797. The number of carbonyl (C=O) groups is 1. The van der Waals surface area contributed by atoms with Crippen molar-refractivity contribution in [2.24, 2.45) is 0 Å². The van der Waals surface area contributed by atoms with E-state index < -0.39 is 0 Å². The molecule has 0 fully saturated rings. The molecular weight excluding hydrogens is 316 g/mol. The number of halogens is 2. The Morgan fingerprint density at radius 2 is 2.28 bits per heavy atom. The number of hydrogen-bond donors (Lipinski definition) is 0. The van der Waals surface area contributed by atoms with Gasteiger partial charge in [-0.1, -0.05) is 46.6 Å². The van der Waals surface area contributed by atoms with Gasteiger partial charge in [0.05, 0.1) is 11.2 Å². The molecule has 0 spiro atoms. The maximum atomic E-state index is 12.4. The number of ketones is 1. The smallest absolute Gasteiger partial charge is 0.212 e. The van der Waals surface area contributed by atoms with E-state index in [2.05, 4.69) is 21.0 Å². The predicted octanol–water partition coefficient (Wildman–Crippen LogP) is 3.94. The van der Waals surface area contributed by atoms with Crippen LogP contribution in [0.1, 0.15) is 29.4 Å². The summed E-state index contributed by atoms with van der Waals surface area (Å²) in [6.45, 7) is 2.71. The lowest BCUT2D eigenvalue weighted by Crippen LogP contribution is -2.12. The predicted molar refractivity (Wildman–Crippen MR) is 75.1 cm³/mol. The van der Waals surface area contributed by atoms with Crippen LogP contribution in [0.2, 0.25) is 5.02 Å². The van der Waals surface area contributed by atoms with Gasteiger partial charge < -0.3 is 0 Å². The highest BCUT2D eigenvalue weighted by Crippen LogP contribution is 2.21. The van der Waals surface area contributed by atoms with Crippen LogP contribution in [-0.4, -0.2) is 15.6 Å². The molecule has 0 aliphatic heterocycles. The Hall–Kier alpha value is -1.13. The lowest BCUT2D eigenvalue weighted by atomic mass is 10.1. The van der Waals surface area contributed by atoms with Gasteiger partial charge in [-0.15, -0.1) is 0 Å². The summed E-state index contributed by atoms with van der Waals surface area (Å²) < 4.78 is 2.52. The molecule has 5 heteroatoms. The largest absolute Gasteiger partial charge is 0.287 e. The van der Waals surface area contributed by atoms with Crippen LogP contribution in [-0.2, 0) is 6.54 Å². The molecule has 0 amide bonds. The van der Waals surface area contributed by atoms with Crippen molar-refractivity contribution in [3.63, 3.8) is 0 Å². The Balaban J connectivity index is 2.42. The monoisotopic (exact) mass is 326 g/mol. The van der Waals surface area contributed by atoms with E-state index in [1.807, 2.05) is 19.1 Å². The first-order valence-corrected chi connectivity index (χ1v) is 6.82. The topological polar surface area (TPSA) is 34.9 Å². The number of hydrogen-bond acceptors (Lipinski definition) is 2. The highest BCUT2D eigenvalue weighted by Gasteiger charge is 2.18. The third kappa shape index (κ3) is 2.65. The van der Waals surface area contributed by atoms with E-state index in [1.54, 1.807) is 16.8 Å². The molecule has 94 valence electrons. The average Bonchev–Trinajstić information content (AvgIpc) is 2.70. The maximum absolute atomic E-state index is 12.4. The van der Waals surface area contributed by atoms with Crippen molar-refractivity contribution in [2.75, 3.05) is 0 Å². The van der Waals surface area contributed by atoms with Gasteiger partial charge in [-0.05, 0) is 18.6 Å². The average molecular weight is 328 g/mol. The van der Waals surface area contributed by atoms with Crippen molar-refractivity contribution in [1.82, 2.24) is 9.78 Å². The normalized spacial score (nSPS) is 10.6. The summed E-state index contributed by atoms with van der Waals surface area (Å²) >= 11 is 9.40. The van der Waals surface area contributed by atoms with Crippen molar-refractivity contribution in [3.8, 4) is 0 Å². The fourth-order valence-electron chi connectivity index (χ4n) is 1.74. The van der Waals surface area contributed by atoms with Crippen molar-refractivity contribution in [3.05, 3.63) is 51.2 Å². The number of rotatable bonds is 4. The van der Waals surface area contributed by atoms with Crippen molar-refractivity contribution < 1.29 is 4.79 Å². The second-order valence-corrected chi connectivity index (χ2v) is 5.23. The molecule has 0 saturated carbocycles. The van der Waals surface area contributed by atoms with E-state index in [-0.39, 0.29) is 5.78 Å². The van der Waals surface area contributed by atoms with Gasteiger partial charge in [-0.3, -0.25) is 9.48 Å². The number of aryl methyl sites for hydroxylation is 1. The van der Waals surface area contributed by atoms with Gasteiger partial charge in [0.15, 0.2) is 0 Å². The van der Waals surface area contributed by atoms with E-state index in [0.717, 1.165) is 10.9 Å². The standard InChI is InChI=1S/C13H12BrClN2O/c1-2-6-17-12(11(15)8-16-17)13(18)9-4-3-5-10(14)7-9/h3-5,7-8H,2,6H2,1H3. The zero-order valence-corrected chi connectivity index (χ0v) is 12.2. The fraction of sp³-hybridized carbons (Fsp3) is 0.231. The maximum Gasteiger partial charge on any atom is 0.212 e. The fourth-order valence-corrected chi connectivity index (χ4v) is 2.36. The summed E-state index contributed by atoms with van der Waals surface area (Å²) in [4.78, 5) is 12.4. The van der Waals surface area contributed by atoms with Crippen LogP contribution < -0.4 is 0 Å². The molecule has 2 rings (SSSR count). The number of nitrogens with zero attached hydrogens (tertiary/aromatic N) is 2. The van der Waals surface area contributed by atoms with E-state index in [0.29, 0.717) is 22.8 Å². The lowest BCUT2D eigenvalue weighted by Gasteiger charge is -2.06. The molecule has 3 nitrogen and oxygen atoms in total. The molecule has 0 aliphatic rings. The molecule has 0 saturated heterocycles. The molecule has 0 unspecified atom stereocenters. The third-order valence-corrected chi connectivity index (χ3v) is 3.30. The number of benzene rings is 1. The molecule has 1 aromatic heterocycles. The zero-order valence-electron chi connectivity index (χ0n) is 9.86. The second kappa shape index (κ2) is 5.67. The summed E-state index contributed by atoms with van der Waals surface area (Å²) in [5, 5.41) is 4.52. The summed E-state index contributed by atoms with van der Waals surface area (Å²) in [7, 11) is 0. The van der Waals surface area contributed by atoms with E-state index in [9.17, 15) is 4.79 Å².